The molecule has 1 fully saturated rings. The third-order valence-electron chi connectivity index (χ3n) is 4.11. The summed E-state index contributed by atoms with van der Waals surface area (Å²) in [7, 11) is 0. The van der Waals surface area contributed by atoms with E-state index in [9.17, 15) is 0 Å². The minimum Gasteiger partial charge on any atom is -0.316 e. The minimum atomic E-state index is 0.609. The SMILES string of the molecule is CC(C)N(Cc1ccccc1)C[C@@H]1CNC[C@H]1C. The van der Waals surface area contributed by atoms with Gasteiger partial charge in [-0.15, -0.1) is 0 Å². The van der Waals surface area contributed by atoms with E-state index in [1.54, 1.807) is 0 Å². The van der Waals surface area contributed by atoms with Gasteiger partial charge in [-0.05, 0) is 44.3 Å². The van der Waals surface area contributed by atoms with Gasteiger partial charge in [-0.2, -0.15) is 0 Å². The third-order valence-corrected chi connectivity index (χ3v) is 4.11. The van der Waals surface area contributed by atoms with Crippen LogP contribution in [0.3, 0.4) is 0 Å². The van der Waals surface area contributed by atoms with Crippen molar-refractivity contribution in [3.8, 4) is 0 Å². The summed E-state index contributed by atoms with van der Waals surface area (Å²) >= 11 is 0. The zero-order valence-corrected chi connectivity index (χ0v) is 11.9. The van der Waals surface area contributed by atoms with Crippen LogP contribution in [0, 0.1) is 11.8 Å². The van der Waals surface area contributed by atoms with Gasteiger partial charge in [0.25, 0.3) is 0 Å². The molecule has 18 heavy (non-hydrogen) atoms. The highest BCUT2D eigenvalue weighted by molar-refractivity contribution is 5.14. The molecule has 1 aliphatic rings. The molecular weight excluding hydrogens is 220 g/mol. The highest BCUT2D eigenvalue weighted by atomic mass is 15.2. The topological polar surface area (TPSA) is 15.3 Å². The Bertz CT molecular complexity index is 347. The van der Waals surface area contributed by atoms with Gasteiger partial charge in [0.15, 0.2) is 0 Å². The summed E-state index contributed by atoms with van der Waals surface area (Å²) in [6.07, 6.45) is 0. The van der Waals surface area contributed by atoms with Crippen LogP contribution in [0.15, 0.2) is 30.3 Å². The number of nitrogens with zero attached hydrogens (tertiary/aromatic N) is 1. The van der Waals surface area contributed by atoms with Crippen LogP contribution in [0.4, 0.5) is 0 Å². The highest BCUT2D eigenvalue weighted by Gasteiger charge is 2.25. The lowest BCUT2D eigenvalue weighted by Gasteiger charge is -2.30. The predicted octanol–water partition coefficient (Wildman–Crippen LogP) is 2.75. The van der Waals surface area contributed by atoms with E-state index in [2.05, 4.69) is 61.3 Å². The van der Waals surface area contributed by atoms with Crippen molar-refractivity contribution >= 4 is 0 Å². The van der Waals surface area contributed by atoms with Crippen LogP contribution in [-0.2, 0) is 6.54 Å². The molecule has 2 nitrogen and oxygen atoms in total. The minimum absolute atomic E-state index is 0.609. The molecule has 1 aliphatic heterocycles. The molecule has 0 aliphatic carbocycles. The van der Waals surface area contributed by atoms with Crippen LogP contribution < -0.4 is 5.32 Å². The van der Waals surface area contributed by atoms with Crippen LogP contribution in [0.5, 0.6) is 0 Å². The van der Waals surface area contributed by atoms with Crippen molar-refractivity contribution in [3.05, 3.63) is 35.9 Å². The maximum absolute atomic E-state index is 3.50. The molecule has 1 heterocycles. The molecule has 0 aromatic heterocycles. The van der Waals surface area contributed by atoms with Crippen molar-refractivity contribution < 1.29 is 0 Å². The van der Waals surface area contributed by atoms with Crippen molar-refractivity contribution in [1.29, 1.82) is 0 Å². The second kappa shape index (κ2) is 6.35. The van der Waals surface area contributed by atoms with E-state index in [1.165, 1.54) is 25.2 Å². The lowest BCUT2D eigenvalue weighted by atomic mass is 9.97. The fourth-order valence-electron chi connectivity index (χ4n) is 2.69. The van der Waals surface area contributed by atoms with Crippen molar-refractivity contribution in [2.45, 2.75) is 33.4 Å². The van der Waals surface area contributed by atoms with Gasteiger partial charge < -0.3 is 5.32 Å². The average molecular weight is 246 g/mol. The second-order valence-corrected chi connectivity index (χ2v) is 5.90. The fraction of sp³-hybridized carbons (Fsp3) is 0.625. The van der Waals surface area contributed by atoms with E-state index >= 15 is 0 Å². The van der Waals surface area contributed by atoms with Crippen LogP contribution in [0.25, 0.3) is 0 Å². The largest absolute Gasteiger partial charge is 0.316 e. The quantitative estimate of drug-likeness (QED) is 0.859. The monoisotopic (exact) mass is 246 g/mol. The average Bonchev–Trinajstić information content (AvgIpc) is 2.75. The Labute approximate surface area is 111 Å². The van der Waals surface area contributed by atoms with Crippen molar-refractivity contribution in [1.82, 2.24) is 10.2 Å². The molecule has 0 amide bonds. The molecule has 0 spiro atoms. The zero-order valence-electron chi connectivity index (χ0n) is 11.9. The summed E-state index contributed by atoms with van der Waals surface area (Å²) in [5, 5.41) is 3.50. The molecule has 100 valence electrons. The van der Waals surface area contributed by atoms with Gasteiger partial charge in [-0.3, -0.25) is 4.90 Å². The molecule has 0 saturated carbocycles. The molecule has 0 bridgehead atoms. The number of hydrogen-bond donors (Lipinski definition) is 1. The van der Waals surface area contributed by atoms with Crippen LogP contribution in [-0.4, -0.2) is 30.6 Å². The third kappa shape index (κ3) is 3.56. The lowest BCUT2D eigenvalue weighted by Crippen LogP contribution is -2.36. The van der Waals surface area contributed by atoms with Crippen LogP contribution in [0.1, 0.15) is 26.3 Å². The van der Waals surface area contributed by atoms with E-state index in [-0.39, 0.29) is 0 Å². The maximum Gasteiger partial charge on any atom is 0.0236 e. The predicted molar refractivity (Wildman–Crippen MR) is 77.5 cm³/mol. The lowest BCUT2D eigenvalue weighted by molar-refractivity contribution is 0.170. The second-order valence-electron chi connectivity index (χ2n) is 5.90. The van der Waals surface area contributed by atoms with E-state index in [4.69, 9.17) is 0 Å². The maximum atomic E-state index is 3.50. The Balaban J connectivity index is 1.96. The van der Waals surface area contributed by atoms with Crippen LogP contribution >= 0.6 is 0 Å². The van der Waals surface area contributed by atoms with E-state index in [0.29, 0.717) is 6.04 Å². The van der Waals surface area contributed by atoms with Crippen LogP contribution in [0.2, 0.25) is 0 Å². The zero-order chi connectivity index (χ0) is 13.0. The van der Waals surface area contributed by atoms with Crippen molar-refractivity contribution in [3.63, 3.8) is 0 Å². The summed E-state index contributed by atoms with van der Waals surface area (Å²) < 4.78 is 0. The summed E-state index contributed by atoms with van der Waals surface area (Å²) in [6.45, 7) is 11.6. The Kier molecular flexibility index (Phi) is 4.79. The van der Waals surface area contributed by atoms with Gasteiger partial charge in [0.1, 0.15) is 0 Å². The van der Waals surface area contributed by atoms with Crippen molar-refractivity contribution in [2.24, 2.45) is 11.8 Å². The molecular formula is C16H26N2. The number of hydrogen-bond acceptors (Lipinski definition) is 2. The van der Waals surface area contributed by atoms with Gasteiger partial charge in [0, 0.05) is 19.1 Å². The number of nitrogens with one attached hydrogen (secondary N) is 1. The molecule has 0 radical (unpaired) electrons. The molecule has 2 heteroatoms. The molecule has 2 atom stereocenters. The molecule has 1 N–H and O–H groups in total. The molecule has 1 saturated heterocycles. The van der Waals surface area contributed by atoms with E-state index in [0.717, 1.165) is 18.4 Å². The Morgan fingerprint density at radius 2 is 1.94 bits per heavy atom. The Morgan fingerprint density at radius 3 is 2.50 bits per heavy atom. The Morgan fingerprint density at radius 1 is 1.22 bits per heavy atom. The first-order valence-corrected chi connectivity index (χ1v) is 7.15. The first-order chi connectivity index (χ1) is 8.66. The van der Waals surface area contributed by atoms with Gasteiger partial charge in [0.05, 0.1) is 0 Å². The molecule has 1 aromatic carbocycles. The Hall–Kier alpha value is -0.860. The smallest absolute Gasteiger partial charge is 0.0236 e. The van der Waals surface area contributed by atoms with Gasteiger partial charge in [-0.1, -0.05) is 37.3 Å². The van der Waals surface area contributed by atoms with E-state index < -0.39 is 0 Å². The molecule has 2 rings (SSSR count). The number of rotatable bonds is 5. The normalized spacial score (nSPS) is 24.1. The van der Waals surface area contributed by atoms with Gasteiger partial charge >= 0.3 is 0 Å². The van der Waals surface area contributed by atoms with Gasteiger partial charge in [0.2, 0.25) is 0 Å². The fourth-order valence-corrected chi connectivity index (χ4v) is 2.69. The summed E-state index contributed by atoms with van der Waals surface area (Å²) in [5.74, 6) is 1.61. The highest BCUT2D eigenvalue weighted by Crippen LogP contribution is 2.19. The summed E-state index contributed by atoms with van der Waals surface area (Å²) in [4.78, 5) is 2.60. The van der Waals surface area contributed by atoms with E-state index in [1.807, 2.05) is 0 Å². The first kappa shape index (κ1) is 13.6. The molecule has 1 aromatic rings. The van der Waals surface area contributed by atoms with Gasteiger partial charge in [-0.25, -0.2) is 0 Å². The first-order valence-electron chi connectivity index (χ1n) is 7.15. The summed E-state index contributed by atoms with van der Waals surface area (Å²) in [6, 6.07) is 11.4. The summed E-state index contributed by atoms with van der Waals surface area (Å²) in [5.41, 5.74) is 1.42. The number of benzene rings is 1. The standard InChI is InChI=1S/C16H26N2/c1-13(2)18(11-15-7-5-4-6-8-15)12-16-10-17-9-14(16)3/h4-8,13-14,16-17H,9-12H2,1-3H3/t14-,16+/m1/s1. The molecule has 0 unspecified atom stereocenters. The van der Waals surface area contributed by atoms with Crippen molar-refractivity contribution in [2.75, 3.05) is 19.6 Å².